The van der Waals surface area contributed by atoms with E-state index in [-0.39, 0.29) is 0 Å². The van der Waals surface area contributed by atoms with Crippen LogP contribution in [0.1, 0.15) is 5.56 Å². The average Bonchev–Trinajstić information content (AvgIpc) is 2.74. The highest BCUT2D eigenvalue weighted by Crippen LogP contribution is 2.29. The molecule has 0 radical (unpaired) electrons. The summed E-state index contributed by atoms with van der Waals surface area (Å²) in [5.74, 6) is 0.848. The molecule has 1 saturated heterocycles. The highest BCUT2D eigenvalue weighted by molar-refractivity contribution is 5.59. The second kappa shape index (κ2) is 16.3. The minimum atomic E-state index is 0.506. The average molecular weight is 428 g/mol. The standard InChI is InChI=1S/C22H37NO7/c1-20-3-4-21(22(19-20)30-18-9-24-2)23-5-7-25-10-12-27-14-16-29-17-15-28-13-11-26-8-6-23/h3-4,19H,5-18H2,1-2H3. The summed E-state index contributed by atoms with van der Waals surface area (Å²) in [6, 6.07) is 6.24. The molecular weight excluding hydrogens is 390 g/mol. The number of nitrogens with zero attached hydrogens (tertiary/aromatic N) is 1. The van der Waals surface area contributed by atoms with Crippen LogP contribution in [0.3, 0.4) is 0 Å². The third-order valence-corrected chi connectivity index (χ3v) is 4.50. The van der Waals surface area contributed by atoms with Gasteiger partial charge in [-0.15, -0.1) is 0 Å². The van der Waals surface area contributed by atoms with Crippen LogP contribution in [0.5, 0.6) is 5.75 Å². The van der Waals surface area contributed by atoms with Crippen LogP contribution in [0.15, 0.2) is 18.2 Å². The van der Waals surface area contributed by atoms with Crippen LogP contribution in [0, 0.1) is 6.92 Å². The first kappa shape index (κ1) is 24.8. The Morgan fingerprint density at radius 1 is 0.733 bits per heavy atom. The number of aryl methyl sites for hydroxylation is 1. The van der Waals surface area contributed by atoms with E-state index in [1.165, 1.54) is 0 Å². The zero-order valence-electron chi connectivity index (χ0n) is 18.4. The van der Waals surface area contributed by atoms with E-state index in [2.05, 4.69) is 30.0 Å². The summed E-state index contributed by atoms with van der Waals surface area (Å²) in [6.07, 6.45) is 0. The topological polar surface area (TPSA) is 67.9 Å². The fourth-order valence-corrected chi connectivity index (χ4v) is 2.92. The van der Waals surface area contributed by atoms with Crippen LogP contribution in [0.4, 0.5) is 5.69 Å². The van der Waals surface area contributed by atoms with E-state index < -0.39 is 0 Å². The zero-order valence-corrected chi connectivity index (χ0v) is 18.4. The van der Waals surface area contributed by atoms with Crippen LogP contribution in [-0.2, 0) is 28.4 Å². The van der Waals surface area contributed by atoms with Gasteiger partial charge in [0.25, 0.3) is 0 Å². The van der Waals surface area contributed by atoms with Crippen molar-refractivity contribution in [2.75, 3.05) is 104 Å². The van der Waals surface area contributed by atoms with Gasteiger partial charge in [-0.1, -0.05) is 6.07 Å². The summed E-state index contributed by atoms with van der Waals surface area (Å²) in [6.45, 7) is 10.2. The number of rotatable bonds is 5. The van der Waals surface area contributed by atoms with Crippen LogP contribution >= 0.6 is 0 Å². The Morgan fingerprint density at radius 3 is 1.73 bits per heavy atom. The number of methoxy groups -OCH3 is 1. The maximum absolute atomic E-state index is 5.98. The Hall–Kier alpha value is -1.42. The van der Waals surface area contributed by atoms with E-state index in [0.29, 0.717) is 79.3 Å². The van der Waals surface area contributed by atoms with E-state index in [9.17, 15) is 0 Å². The van der Waals surface area contributed by atoms with Crippen molar-refractivity contribution in [2.24, 2.45) is 0 Å². The predicted octanol–water partition coefficient (Wildman–Crippen LogP) is 1.92. The summed E-state index contributed by atoms with van der Waals surface area (Å²) in [4.78, 5) is 2.24. The van der Waals surface area contributed by atoms with Gasteiger partial charge in [-0.3, -0.25) is 0 Å². The van der Waals surface area contributed by atoms with Crippen LogP contribution in [-0.4, -0.2) is 99.5 Å². The first-order valence-electron chi connectivity index (χ1n) is 10.7. The van der Waals surface area contributed by atoms with Gasteiger partial charge in [-0.2, -0.15) is 0 Å². The van der Waals surface area contributed by atoms with Crippen molar-refractivity contribution in [3.8, 4) is 5.75 Å². The molecule has 1 aromatic rings. The van der Waals surface area contributed by atoms with Gasteiger partial charge in [-0.25, -0.2) is 0 Å². The smallest absolute Gasteiger partial charge is 0.142 e. The van der Waals surface area contributed by atoms with Gasteiger partial charge in [0.05, 0.1) is 78.4 Å². The maximum atomic E-state index is 5.98. The second-order valence-corrected chi connectivity index (χ2v) is 6.86. The molecule has 0 spiro atoms. The summed E-state index contributed by atoms with van der Waals surface area (Å²) in [5, 5.41) is 0. The van der Waals surface area contributed by atoms with Gasteiger partial charge in [-0.05, 0) is 24.6 Å². The fourth-order valence-electron chi connectivity index (χ4n) is 2.92. The van der Waals surface area contributed by atoms with Gasteiger partial charge in [0.1, 0.15) is 12.4 Å². The molecule has 0 aromatic heterocycles. The maximum Gasteiger partial charge on any atom is 0.142 e. The summed E-state index contributed by atoms with van der Waals surface area (Å²) >= 11 is 0. The van der Waals surface area contributed by atoms with Gasteiger partial charge in [0.15, 0.2) is 0 Å². The Morgan fingerprint density at radius 2 is 1.23 bits per heavy atom. The van der Waals surface area contributed by atoms with E-state index in [1.54, 1.807) is 7.11 Å². The molecule has 1 heterocycles. The molecule has 0 N–H and O–H groups in total. The van der Waals surface area contributed by atoms with E-state index in [1.807, 2.05) is 0 Å². The van der Waals surface area contributed by atoms with Gasteiger partial charge in [0.2, 0.25) is 0 Å². The molecule has 2 rings (SSSR count). The molecule has 1 aliphatic rings. The molecule has 0 aliphatic carbocycles. The highest BCUT2D eigenvalue weighted by atomic mass is 16.6. The lowest BCUT2D eigenvalue weighted by Gasteiger charge is -2.27. The highest BCUT2D eigenvalue weighted by Gasteiger charge is 2.13. The largest absolute Gasteiger partial charge is 0.489 e. The first-order valence-corrected chi connectivity index (χ1v) is 10.7. The van der Waals surface area contributed by atoms with Crippen LogP contribution < -0.4 is 9.64 Å². The van der Waals surface area contributed by atoms with E-state index >= 15 is 0 Å². The molecule has 1 aromatic carbocycles. The SMILES string of the molecule is COCCOc1cc(C)ccc1N1CCOCCOCCOCCOCCOCC1. The summed E-state index contributed by atoms with van der Waals surface area (Å²) in [5.41, 5.74) is 2.18. The molecular formula is C22H37NO7. The quantitative estimate of drug-likeness (QED) is 0.661. The molecule has 1 aliphatic heterocycles. The van der Waals surface area contributed by atoms with Crippen molar-refractivity contribution in [2.45, 2.75) is 6.92 Å². The summed E-state index contributed by atoms with van der Waals surface area (Å²) < 4.78 is 39.1. The van der Waals surface area contributed by atoms with Crippen molar-refractivity contribution >= 4 is 5.69 Å². The third kappa shape index (κ3) is 10.6. The molecule has 8 nitrogen and oxygen atoms in total. The lowest BCUT2D eigenvalue weighted by atomic mass is 10.2. The molecule has 30 heavy (non-hydrogen) atoms. The molecule has 172 valence electrons. The Bertz CT molecular complexity index is 540. The van der Waals surface area contributed by atoms with Crippen molar-refractivity contribution in [3.05, 3.63) is 23.8 Å². The monoisotopic (exact) mass is 427 g/mol. The third-order valence-electron chi connectivity index (χ3n) is 4.50. The molecule has 0 amide bonds. The number of benzene rings is 1. The lowest BCUT2D eigenvalue weighted by molar-refractivity contribution is -0.0116. The first-order chi connectivity index (χ1) is 14.8. The van der Waals surface area contributed by atoms with Crippen molar-refractivity contribution < 1.29 is 33.2 Å². The van der Waals surface area contributed by atoms with Crippen molar-refractivity contribution in [1.29, 1.82) is 0 Å². The zero-order chi connectivity index (χ0) is 21.3. The molecule has 0 unspecified atom stereocenters. The van der Waals surface area contributed by atoms with Crippen molar-refractivity contribution in [3.63, 3.8) is 0 Å². The molecule has 0 bridgehead atoms. The lowest BCUT2D eigenvalue weighted by Crippen LogP contribution is -2.32. The second-order valence-electron chi connectivity index (χ2n) is 6.86. The molecule has 0 saturated carbocycles. The van der Waals surface area contributed by atoms with E-state index in [4.69, 9.17) is 33.2 Å². The Labute approximate surface area is 180 Å². The number of anilines is 1. The minimum absolute atomic E-state index is 0.506. The Kier molecular flexibility index (Phi) is 13.5. The van der Waals surface area contributed by atoms with E-state index in [0.717, 1.165) is 30.1 Å². The van der Waals surface area contributed by atoms with Crippen LogP contribution in [0.2, 0.25) is 0 Å². The normalized spacial score (nSPS) is 19.1. The Balaban J connectivity index is 1.96. The summed E-state index contributed by atoms with van der Waals surface area (Å²) in [7, 11) is 1.67. The number of hydrogen-bond acceptors (Lipinski definition) is 8. The van der Waals surface area contributed by atoms with Gasteiger partial charge >= 0.3 is 0 Å². The van der Waals surface area contributed by atoms with Gasteiger partial charge in [0, 0.05) is 20.2 Å². The molecule has 0 atom stereocenters. The predicted molar refractivity (Wildman–Crippen MR) is 115 cm³/mol. The van der Waals surface area contributed by atoms with Crippen molar-refractivity contribution in [1.82, 2.24) is 0 Å². The van der Waals surface area contributed by atoms with Crippen LogP contribution in [0.25, 0.3) is 0 Å². The fraction of sp³-hybridized carbons (Fsp3) is 0.727. The van der Waals surface area contributed by atoms with Gasteiger partial charge < -0.3 is 38.1 Å². The molecule has 1 fully saturated rings. The number of hydrogen-bond donors (Lipinski definition) is 0. The molecule has 8 heteroatoms. The number of ether oxygens (including phenoxy) is 7. The minimum Gasteiger partial charge on any atom is -0.489 e.